The Kier molecular flexibility index (Phi) is 4.01. The number of hydrogen-bond donors (Lipinski definition) is 2. The summed E-state index contributed by atoms with van der Waals surface area (Å²) < 4.78 is 0. The van der Waals surface area contributed by atoms with Crippen molar-refractivity contribution >= 4 is 0 Å². The molecule has 0 bridgehead atoms. The van der Waals surface area contributed by atoms with Gasteiger partial charge >= 0.3 is 0 Å². The number of nitrogens with two attached hydrogens (primary N) is 1. The van der Waals surface area contributed by atoms with Crippen LogP contribution < -0.4 is 5.73 Å². The van der Waals surface area contributed by atoms with Gasteiger partial charge in [-0.25, -0.2) is 0 Å². The first-order valence-electron chi connectivity index (χ1n) is 3.41. The molecular weight excluding hydrogens is 128 g/mol. The molecule has 3 nitrogen and oxygen atoms in total. The molecule has 0 aromatic rings. The topological polar surface area (TPSA) is 70.0 Å². The third-order valence-corrected chi connectivity index (χ3v) is 1.28. The molecule has 3 N–H and O–H groups in total. The van der Waals surface area contributed by atoms with E-state index < -0.39 is 12.1 Å². The summed E-state index contributed by atoms with van der Waals surface area (Å²) in [4.78, 5) is 0. The Morgan fingerprint density at radius 2 is 2.10 bits per heavy atom. The summed E-state index contributed by atoms with van der Waals surface area (Å²) in [5.74, 6) is 0.429. The van der Waals surface area contributed by atoms with Crippen molar-refractivity contribution in [1.82, 2.24) is 0 Å². The van der Waals surface area contributed by atoms with Crippen LogP contribution in [0.15, 0.2) is 0 Å². The van der Waals surface area contributed by atoms with Crippen molar-refractivity contribution < 1.29 is 5.11 Å². The fraction of sp³-hybridized carbons (Fsp3) is 0.857. The van der Waals surface area contributed by atoms with E-state index in [1.165, 1.54) is 0 Å². The zero-order valence-electron chi connectivity index (χ0n) is 6.41. The van der Waals surface area contributed by atoms with Crippen molar-refractivity contribution in [3.8, 4) is 6.07 Å². The van der Waals surface area contributed by atoms with Gasteiger partial charge in [-0.3, -0.25) is 0 Å². The van der Waals surface area contributed by atoms with Crippen LogP contribution in [0.5, 0.6) is 0 Å². The van der Waals surface area contributed by atoms with E-state index in [1.807, 2.05) is 13.8 Å². The van der Waals surface area contributed by atoms with Gasteiger partial charge in [0.05, 0.1) is 6.07 Å². The van der Waals surface area contributed by atoms with Gasteiger partial charge in [-0.05, 0) is 12.3 Å². The van der Waals surface area contributed by atoms with E-state index in [0.29, 0.717) is 12.3 Å². The maximum atomic E-state index is 8.89. The van der Waals surface area contributed by atoms with Crippen LogP contribution >= 0.6 is 0 Å². The van der Waals surface area contributed by atoms with Gasteiger partial charge in [-0.1, -0.05) is 13.8 Å². The fourth-order valence-electron chi connectivity index (χ4n) is 0.769. The minimum absolute atomic E-state index is 0.398. The van der Waals surface area contributed by atoms with Gasteiger partial charge in [0.2, 0.25) is 0 Å². The molecule has 0 amide bonds. The Bertz CT molecular complexity index is 128. The van der Waals surface area contributed by atoms with E-state index in [-0.39, 0.29) is 0 Å². The van der Waals surface area contributed by atoms with E-state index in [0.717, 1.165) is 0 Å². The van der Waals surface area contributed by atoms with Crippen LogP contribution in [0.25, 0.3) is 0 Å². The fourth-order valence-corrected chi connectivity index (χ4v) is 0.769. The standard InChI is InChI=1S/C7H14N2O/c1-5(2)3-6(9)7(10)4-8/h5-7,10H,3,9H2,1-2H3. The van der Waals surface area contributed by atoms with E-state index in [2.05, 4.69) is 0 Å². The molecule has 0 saturated carbocycles. The Labute approximate surface area is 61.5 Å². The highest BCUT2D eigenvalue weighted by Gasteiger charge is 2.14. The molecule has 0 fully saturated rings. The summed E-state index contributed by atoms with van der Waals surface area (Å²) in [6.45, 7) is 4.01. The van der Waals surface area contributed by atoms with E-state index in [9.17, 15) is 0 Å². The summed E-state index contributed by atoms with van der Waals surface area (Å²) in [5.41, 5.74) is 5.46. The largest absolute Gasteiger partial charge is 0.376 e. The molecule has 10 heavy (non-hydrogen) atoms. The second kappa shape index (κ2) is 4.26. The predicted molar refractivity (Wildman–Crippen MR) is 39.1 cm³/mol. The van der Waals surface area contributed by atoms with Crippen LogP contribution in [0.1, 0.15) is 20.3 Å². The van der Waals surface area contributed by atoms with Crippen LogP contribution in [0.4, 0.5) is 0 Å². The Hall–Kier alpha value is -0.590. The molecule has 2 atom stereocenters. The van der Waals surface area contributed by atoms with Gasteiger partial charge in [0.1, 0.15) is 0 Å². The quantitative estimate of drug-likeness (QED) is 0.555. The third kappa shape index (κ3) is 3.44. The highest BCUT2D eigenvalue weighted by molar-refractivity contribution is 4.90. The molecule has 0 radical (unpaired) electrons. The van der Waals surface area contributed by atoms with Gasteiger partial charge in [0.15, 0.2) is 6.10 Å². The number of nitriles is 1. The number of hydrogen-bond acceptors (Lipinski definition) is 3. The van der Waals surface area contributed by atoms with Crippen LogP contribution in [-0.2, 0) is 0 Å². The first kappa shape index (κ1) is 9.41. The second-order valence-corrected chi connectivity index (χ2v) is 2.87. The lowest BCUT2D eigenvalue weighted by Crippen LogP contribution is -2.34. The van der Waals surface area contributed by atoms with Crippen LogP contribution in [0, 0.1) is 17.2 Å². The summed E-state index contributed by atoms with van der Waals surface area (Å²) in [7, 11) is 0. The number of nitrogens with zero attached hydrogens (tertiary/aromatic N) is 1. The molecular formula is C7H14N2O. The Morgan fingerprint density at radius 3 is 2.40 bits per heavy atom. The van der Waals surface area contributed by atoms with Crippen molar-refractivity contribution in [2.24, 2.45) is 11.7 Å². The van der Waals surface area contributed by atoms with Gasteiger partial charge < -0.3 is 10.8 Å². The van der Waals surface area contributed by atoms with Crippen LogP contribution in [-0.4, -0.2) is 17.3 Å². The average Bonchev–Trinajstić information content (AvgIpc) is 1.85. The molecule has 3 heteroatoms. The maximum absolute atomic E-state index is 8.89. The first-order valence-corrected chi connectivity index (χ1v) is 3.41. The molecule has 2 unspecified atom stereocenters. The second-order valence-electron chi connectivity index (χ2n) is 2.87. The molecule has 0 heterocycles. The van der Waals surface area contributed by atoms with E-state index >= 15 is 0 Å². The van der Waals surface area contributed by atoms with Crippen molar-refractivity contribution in [1.29, 1.82) is 5.26 Å². The minimum atomic E-state index is -1.01. The third-order valence-electron chi connectivity index (χ3n) is 1.28. The lowest BCUT2D eigenvalue weighted by Gasteiger charge is -2.14. The van der Waals surface area contributed by atoms with E-state index in [1.54, 1.807) is 6.07 Å². The lowest BCUT2D eigenvalue weighted by molar-refractivity contribution is 0.185. The monoisotopic (exact) mass is 142 g/mol. The van der Waals surface area contributed by atoms with Gasteiger partial charge in [0, 0.05) is 6.04 Å². The Balaban J connectivity index is 3.64. The van der Waals surface area contributed by atoms with Gasteiger partial charge in [0.25, 0.3) is 0 Å². The van der Waals surface area contributed by atoms with Crippen molar-refractivity contribution in [2.45, 2.75) is 32.4 Å². The Morgan fingerprint density at radius 1 is 1.60 bits per heavy atom. The summed E-state index contributed by atoms with van der Waals surface area (Å²) in [6, 6.07) is 1.30. The predicted octanol–water partition coefficient (Wildman–Crippen LogP) is 0.244. The van der Waals surface area contributed by atoms with Gasteiger partial charge in [-0.15, -0.1) is 0 Å². The summed E-state index contributed by atoms with van der Waals surface area (Å²) >= 11 is 0. The molecule has 0 aliphatic rings. The van der Waals surface area contributed by atoms with Crippen molar-refractivity contribution in [3.05, 3.63) is 0 Å². The maximum Gasteiger partial charge on any atom is 0.155 e. The molecule has 0 saturated heterocycles. The van der Waals surface area contributed by atoms with Crippen molar-refractivity contribution in [2.75, 3.05) is 0 Å². The lowest BCUT2D eigenvalue weighted by atomic mass is 10.0. The summed E-state index contributed by atoms with van der Waals surface area (Å²) in [6.07, 6.45) is -0.322. The summed E-state index contributed by atoms with van der Waals surface area (Å²) in [5, 5.41) is 17.1. The molecule has 58 valence electrons. The molecule has 0 aromatic heterocycles. The molecule has 0 aliphatic carbocycles. The smallest absolute Gasteiger partial charge is 0.155 e. The number of aliphatic hydroxyl groups is 1. The average molecular weight is 142 g/mol. The van der Waals surface area contributed by atoms with Crippen LogP contribution in [0.2, 0.25) is 0 Å². The minimum Gasteiger partial charge on any atom is -0.376 e. The molecule has 0 aromatic carbocycles. The molecule has 0 rings (SSSR count). The highest BCUT2D eigenvalue weighted by Crippen LogP contribution is 2.04. The SMILES string of the molecule is CC(C)CC(N)C(O)C#N. The molecule has 0 aliphatic heterocycles. The zero-order chi connectivity index (χ0) is 8.15. The van der Waals surface area contributed by atoms with Gasteiger partial charge in [-0.2, -0.15) is 5.26 Å². The normalized spacial score (nSPS) is 16.4. The molecule has 0 spiro atoms. The van der Waals surface area contributed by atoms with Crippen molar-refractivity contribution in [3.63, 3.8) is 0 Å². The first-order chi connectivity index (χ1) is 4.57. The highest BCUT2D eigenvalue weighted by atomic mass is 16.3. The van der Waals surface area contributed by atoms with Crippen LogP contribution in [0.3, 0.4) is 0 Å². The zero-order valence-corrected chi connectivity index (χ0v) is 6.41. The number of rotatable bonds is 3. The number of aliphatic hydroxyl groups excluding tert-OH is 1. The van der Waals surface area contributed by atoms with E-state index in [4.69, 9.17) is 16.1 Å².